The van der Waals surface area contributed by atoms with E-state index in [2.05, 4.69) is 20.3 Å². The largest absolute Gasteiger partial charge is 0.455 e. The number of carbonyl (C=O) groups excluding carboxylic acids is 1. The smallest absolute Gasteiger partial charge is 0.259 e. The summed E-state index contributed by atoms with van der Waals surface area (Å²) in [6.07, 6.45) is 6.46. The summed E-state index contributed by atoms with van der Waals surface area (Å²) >= 11 is 3.04. The highest BCUT2D eigenvalue weighted by molar-refractivity contribution is 7.99. The number of aryl methyl sites for hydroxylation is 3. The highest BCUT2D eigenvalue weighted by Gasteiger charge is 2.21. The molecule has 0 unspecified atom stereocenters. The van der Waals surface area contributed by atoms with Crippen molar-refractivity contribution in [1.29, 1.82) is 0 Å². The van der Waals surface area contributed by atoms with Gasteiger partial charge in [0.2, 0.25) is 5.91 Å². The molecule has 1 aliphatic rings. The number of rotatable bonds is 7. The molecule has 1 aromatic carbocycles. The third kappa shape index (κ3) is 4.79. The molecule has 0 radical (unpaired) electrons. The first-order valence-electron chi connectivity index (χ1n) is 10.7. The summed E-state index contributed by atoms with van der Waals surface area (Å²) < 4.78 is 5.83. The van der Waals surface area contributed by atoms with Crippen LogP contribution in [0.3, 0.4) is 0 Å². The lowest BCUT2D eigenvalue weighted by atomic mass is 10.2. The first-order chi connectivity index (χ1) is 16.1. The van der Waals surface area contributed by atoms with Gasteiger partial charge in [0.25, 0.3) is 5.56 Å². The Labute approximate surface area is 198 Å². The van der Waals surface area contributed by atoms with E-state index in [4.69, 9.17) is 4.74 Å². The SMILES string of the molecule is Cc1cc(NC(=O)CSCc2nc3sc4c(c3c(=O)[nH]2)CCC4)ccc1Oc1cccnc1. The number of H-pyrrole nitrogens is 1. The van der Waals surface area contributed by atoms with Crippen LogP contribution in [0.2, 0.25) is 0 Å². The molecule has 0 saturated carbocycles. The lowest BCUT2D eigenvalue weighted by Gasteiger charge is -2.11. The fourth-order valence-corrected chi connectivity index (χ4v) is 5.90. The normalized spacial score (nSPS) is 12.6. The average molecular weight is 479 g/mol. The predicted octanol–water partition coefficient (Wildman–Crippen LogP) is 4.84. The van der Waals surface area contributed by atoms with Gasteiger partial charge in [0.05, 0.1) is 23.1 Å². The number of thiophene rings is 1. The molecule has 1 aliphatic carbocycles. The molecule has 0 spiro atoms. The molecular formula is C24H22N4O3S2. The number of pyridine rings is 1. The van der Waals surface area contributed by atoms with Crippen molar-refractivity contribution >= 4 is 44.9 Å². The fourth-order valence-electron chi connectivity index (χ4n) is 3.93. The minimum Gasteiger partial charge on any atom is -0.455 e. The molecule has 4 aromatic rings. The number of hydrogen-bond acceptors (Lipinski definition) is 7. The topological polar surface area (TPSA) is 97.0 Å². The molecule has 5 rings (SSSR count). The highest BCUT2D eigenvalue weighted by atomic mass is 32.2. The monoisotopic (exact) mass is 478 g/mol. The van der Waals surface area contributed by atoms with Gasteiger partial charge in [0.15, 0.2) is 0 Å². The van der Waals surface area contributed by atoms with E-state index in [-0.39, 0.29) is 17.2 Å². The molecule has 9 heteroatoms. The molecule has 0 aliphatic heterocycles. The number of aromatic nitrogens is 3. The van der Waals surface area contributed by atoms with E-state index in [1.807, 2.05) is 37.3 Å². The zero-order valence-corrected chi connectivity index (χ0v) is 19.6. The summed E-state index contributed by atoms with van der Waals surface area (Å²) in [5.74, 6) is 2.59. The summed E-state index contributed by atoms with van der Waals surface area (Å²) in [4.78, 5) is 38.6. The minimum atomic E-state index is -0.112. The van der Waals surface area contributed by atoms with E-state index in [1.54, 1.807) is 23.7 Å². The lowest BCUT2D eigenvalue weighted by Crippen LogP contribution is -2.15. The molecule has 0 saturated heterocycles. The minimum absolute atomic E-state index is 0.0662. The summed E-state index contributed by atoms with van der Waals surface area (Å²) in [5.41, 5.74) is 2.72. The molecule has 0 bridgehead atoms. The van der Waals surface area contributed by atoms with Crippen molar-refractivity contribution in [3.05, 3.63) is 74.9 Å². The number of amides is 1. The molecular weight excluding hydrogens is 456 g/mol. The molecule has 3 aromatic heterocycles. The summed E-state index contributed by atoms with van der Waals surface area (Å²) in [6.45, 7) is 1.93. The first kappa shape index (κ1) is 21.7. The van der Waals surface area contributed by atoms with Crippen LogP contribution >= 0.6 is 23.1 Å². The van der Waals surface area contributed by atoms with Crippen LogP contribution in [0.5, 0.6) is 11.5 Å². The second-order valence-corrected chi connectivity index (χ2v) is 9.93. The fraction of sp³-hybridized carbons (Fsp3) is 0.250. The summed E-state index contributed by atoms with van der Waals surface area (Å²) in [5, 5.41) is 3.66. The Bertz CT molecular complexity index is 1380. The van der Waals surface area contributed by atoms with Crippen molar-refractivity contribution in [3.63, 3.8) is 0 Å². The third-order valence-electron chi connectivity index (χ3n) is 5.42. The predicted molar refractivity (Wildman–Crippen MR) is 133 cm³/mol. The first-order valence-corrected chi connectivity index (χ1v) is 12.6. The number of hydrogen-bond donors (Lipinski definition) is 2. The second kappa shape index (κ2) is 9.36. The number of thioether (sulfide) groups is 1. The highest BCUT2D eigenvalue weighted by Crippen LogP contribution is 2.34. The number of nitrogens with zero attached hydrogens (tertiary/aromatic N) is 2. The van der Waals surface area contributed by atoms with Gasteiger partial charge in [0, 0.05) is 16.8 Å². The van der Waals surface area contributed by atoms with Crippen LogP contribution in [0.1, 0.15) is 28.2 Å². The standard InChI is InChI=1S/C24H22N4O3S2/c1-14-10-15(7-8-18(14)31-16-4-3-9-25-11-16)26-21(29)13-32-12-20-27-23(30)22-17-5-2-6-19(17)33-24(22)28-20/h3-4,7-11H,2,5-6,12-13H2,1H3,(H,26,29)(H,27,28,30). The number of anilines is 1. The molecule has 3 heterocycles. The maximum Gasteiger partial charge on any atom is 0.259 e. The van der Waals surface area contributed by atoms with Crippen molar-refractivity contribution in [2.45, 2.75) is 31.9 Å². The van der Waals surface area contributed by atoms with Gasteiger partial charge in [-0.15, -0.1) is 23.1 Å². The zero-order valence-electron chi connectivity index (χ0n) is 18.0. The average Bonchev–Trinajstić information content (AvgIpc) is 3.37. The zero-order chi connectivity index (χ0) is 22.8. The van der Waals surface area contributed by atoms with Gasteiger partial charge >= 0.3 is 0 Å². The van der Waals surface area contributed by atoms with E-state index in [1.165, 1.54) is 22.2 Å². The van der Waals surface area contributed by atoms with E-state index in [9.17, 15) is 9.59 Å². The van der Waals surface area contributed by atoms with E-state index < -0.39 is 0 Å². The molecule has 0 fully saturated rings. The quantitative estimate of drug-likeness (QED) is 0.394. The molecule has 1 amide bonds. The van der Waals surface area contributed by atoms with E-state index in [0.717, 1.165) is 35.0 Å². The van der Waals surface area contributed by atoms with Crippen LogP contribution in [-0.4, -0.2) is 26.6 Å². The van der Waals surface area contributed by atoms with Crippen LogP contribution < -0.4 is 15.6 Å². The second-order valence-electron chi connectivity index (χ2n) is 7.86. The van der Waals surface area contributed by atoms with Crippen LogP contribution in [0.15, 0.2) is 47.5 Å². The molecule has 7 nitrogen and oxygen atoms in total. The maximum absolute atomic E-state index is 12.5. The van der Waals surface area contributed by atoms with Crippen molar-refractivity contribution in [3.8, 4) is 11.5 Å². The van der Waals surface area contributed by atoms with Crippen molar-refractivity contribution in [2.24, 2.45) is 0 Å². The maximum atomic E-state index is 12.5. The molecule has 33 heavy (non-hydrogen) atoms. The van der Waals surface area contributed by atoms with Gasteiger partial charge in [-0.1, -0.05) is 0 Å². The van der Waals surface area contributed by atoms with Crippen LogP contribution in [-0.2, 0) is 23.4 Å². The van der Waals surface area contributed by atoms with Gasteiger partial charge in [-0.05, 0) is 67.6 Å². The van der Waals surface area contributed by atoms with Gasteiger partial charge in [-0.3, -0.25) is 14.6 Å². The van der Waals surface area contributed by atoms with Gasteiger partial charge in [0.1, 0.15) is 22.2 Å². The van der Waals surface area contributed by atoms with Crippen molar-refractivity contribution < 1.29 is 9.53 Å². The van der Waals surface area contributed by atoms with Gasteiger partial charge in [-0.2, -0.15) is 0 Å². The van der Waals surface area contributed by atoms with Crippen LogP contribution in [0, 0.1) is 6.92 Å². The Morgan fingerprint density at radius 2 is 2.21 bits per heavy atom. The van der Waals surface area contributed by atoms with E-state index in [0.29, 0.717) is 28.8 Å². The third-order valence-corrected chi connectivity index (χ3v) is 7.55. The Morgan fingerprint density at radius 3 is 3.03 bits per heavy atom. The number of nitrogens with one attached hydrogen (secondary N) is 2. The van der Waals surface area contributed by atoms with E-state index >= 15 is 0 Å². The number of ether oxygens (including phenoxy) is 1. The van der Waals surface area contributed by atoms with Gasteiger partial charge in [-0.25, -0.2) is 4.98 Å². The molecule has 2 N–H and O–H groups in total. The number of benzene rings is 1. The Morgan fingerprint density at radius 1 is 1.30 bits per heavy atom. The Balaban J connectivity index is 1.16. The van der Waals surface area contributed by atoms with Crippen molar-refractivity contribution in [1.82, 2.24) is 15.0 Å². The van der Waals surface area contributed by atoms with Gasteiger partial charge < -0.3 is 15.0 Å². The Kier molecular flexibility index (Phi) is 6.15. The van der Waals surface area contributed by atoms with Crippen LogP contribution in [0.4, 0.5) is 5.69 Å². The lowest BCUT2D eigenvalue weighted by molar-refractivity contribution is -0.113. The molecule has 0 atom stereocenters. The molecule has 168 valence electrons. The summed E-state index contributed by atoms with van der Waals surface area (Å²) in [6, 6.07) is 9.16. The number of fused-ring (bicyclic) bond motifs is 3. The number of carbonyl (C=O) groups is 1. The number of aromatic amines is 1. The Hall–Kier alpha value is -3.17. The van der Waals surface area contributed by atoms with Crippen molar-refractivity contribution in [2.75, 3.05) is 11.1 Å². The van der Waals surface area contributed by atoms with Crippen LogP contribution in [0.25, 0.3) is 10.2 Å². The summed E-state index contributed by atoms with van der Waals surface area (Å²) in [7, 11) is 0.